The Bertz CT molecular complexity index is 937. The molecule has 0 spiro atoms. The molecule has 2 aromatic heterocycles. The second kappa shape index (κ2) is 7.41. The zero-order valence-corrected chi connectivity index (χ0v) is 15.6. The molecule has 6 heteroatoms. The average Bonchev–Trinajstić information content (AvgIpc) is 3.05. The summed E-state index contributed by atoms with van der Waals surface area (Å²) in [5.74, 6) is 1.23. The van der Waals surface area contributed by atoms with Crippen LogP contribution in [0.2, 0.25) is 0 Å². The molecule has 3 aromatic rings. The Morgan fingerprint density at radius 2 is 2.00 bits per heavy atom. The molecule has 0 saturated heterocycles. The quantitative estimate of drug-likeness (QED) is 0.696. The van der Waals surface area contributed by atoms with Gasteiger partial charge < -0.3 is 10.1 Å². The van der Waals surface area contributed by atoms with Crippen molar-refractivity contribution in [3.05, 3.63) is 52.2 Å². The lowest BCUT2D eigenvalue weighted by atomic mass is 9.97. The van der Waals surface area contributed by atoms with Crippen molar-refractivity contribution in [3.63, 3.8) is 0 Å². The molecule has 1 aliphatic rings. The first kappa shape index (κ1) is 17.0. The Balaban J connectivity index is 1.75. The van der Waals surface area contributed by atoms with Gasteiger partial charge in [-0.1, -0.05) is 30.3 Å². The molecule has 1 aromatic carbocycles. The summed E-state index contributed by atoms with van der Waals surface area (Å²) >= 11 is 1.77. The Kier molecular flexibility index (Phi) is 4.84. The number of carbonyl (C=O) groups excluding carboxylic acids is 1. The summed E-state index contributed by atoms with van der Waals surface area (Å²) in [5.41, 5.74) is 2.53. The summed E-state index contributed by atoms with van der Waals surface area (Å²) in [6.07, 6.45) is 5.27. The van der Waals surface area contributed by atoms with Crippen LogP contribution in [0.25, 0.3) is 10.2 Å². The van der Waals surface area contributed by atoms with Crippen LogP contribution in [0, 0.1) is 0 Å². The van der Waals surface area contributed by atoms with Gasteiger partial charge in [-0.2, -0.15) is 0 Å². The molecular formula is C20H21N3O2S. The topological polar surface area (TPSA) is 64.1 Å². The predicted molar refractivity (Wildman–Crippen MR) is 104 cm³/mol. The number of rotatable bonds is 5. The largest absolute Gasteiger partial charge is 0.468 e. The van der Waals surface area contributed by atoms with Crippen LogP contribution >= 0.6 is 11.3 Å². The van der Waals surface area contributed by atoms with Crippen molar-refractivity contribution in [1.29, 1.82) is 0 Å². The van der Waals surface area contributed by atoms with Crippen molar-refractivity contribution in [2.75, 3.05) is 19.0 Å². The average molecular weight is 367 g/mol. The number of aryl methyl sites for hydroxylation is 2. The van der Waals surface area contributed by atoms with Gasteiger partial charge in [0.05, 0.1) is 12.5 Å². The highest BCUT2D eigenvalue weighted by Gasteiger charge is 2.21. The molecule has 0 aliphatic heterocycles. The number of esters is 1. The summed E-state index contributed by atoms with van der Waals surface area (Å²) in [6.45, 7) is 0.109. The van der Waals surface area contributed by atoms with Crippen LogP contribution in [-0.4, -0.2) is 29.6 Å². The Labute approximate surface area is 156 Å². The van der Waals surface area contributed by atoms with E-state index in [1.165, 1.54) is 36.0 Å². The summed E-state index contributed by atoms with van der Waals surface area (Å²) in [5, 5.41) is 4.27. The van der Waals surface area contributed by atoms with Crippen molar-refractivity contribution < 1.29 is 9.53 Å². The van der Waals surface area contributed by atoms with Crippen LogP contribution in [0.5, 0.6) is 0 Å². The Morgan fingerprint density at radius 3 is 2.81 bits per heavy atom. The first-order valence-corrected chi connectivity index (χ1v) is 9.72. The number of hydrogen-bond donors (Lipinski definition) is 1. The number of fused-ring (bicyclic) bond motifs is 3. The number of carbonyl (C=O) groups is 1. The van der Waals surface area contributed by atoms with Gasteiger partial charge in [0.25, 0.3) is 0 Å². The molecule has 0 bridgehead atoms. The lowest BCUT2D eigenvalue weighted by molar-refractivity contribution is -0.138. The van der Waals surface area contributed by atoms with E-state index < -0.39 is 0 Å². The lowest BCUT2D eigenvalue weighted by Gasteiger charge is -2.13. The molecule has 0 radical (unpaired) electrons. The normalized spacial score (nSPS) is 13.4. The smallest absolute Gasteiger partial charge is 0.325 e. The zero-order valence-electron chi connectivity index (χ0n) is 14.7. The molecule has 2 heterocycles. The third-order valence-corrected chi connectivity index (χ3v) is 5.88. The summed E-state index contributed by atoms with van der Waals surface area (Å²) in [6, 6.07) is 10.2. The van der Waals surface area contributed by atoms with Crippen LogP contribution in [0.4, 0.5) is 5.82 Å². The van der Waals surface area contributed by atoms with Crippen molar-refractivity contribution in [3.8, 4) is 0 Å². The van der Waals surface area contributed by atoms with E-state index in [9.17, 15) is 4.79 Å². The molecule has 0 fully saturated rings. The van der Waals surface area contributed by atoms with E-state index in [4.69, 9.17) is 14.7 Å². The fourth-order valence-corrected chi connectivity index (χ4v) is 4.70. The van der Waals surface area contributed by atoms with Crippen LogP contribution in [0.1, 0.15) is 34.7 Å². The van der Waals surface area contributed by atoms with Gasteiger partial charge in [-0.15, -0.1) is 11.3 Å². The number of thiophene rings is 1. The Morgan fingerprint density at radius 1 is 1.19 bits per heavy atom. The van der Waals surface area contributed by atoms with Gasteiger partial charge in [-0.25, -0.2) is 9.97 Å². The highest BCUT2D eigenvalue weighted by Crippen LogP contribution is 2.38. The zero-order chi connectivity index (χ0) is 17.9. The second-order valence-electron chi connectivity index (χ2n) is 6.47. The molecule has 0 unspecified atom stereocenters. The minimum atomic E-state index is -0.300. The second-order valence-corrected chi connectivity index (χ2v) is 7.56. The van der Waals surface area contributed by atoms with Gasteiger partial charge in [0, 0.05) is 11.3 Å². The van der Waals surface area contributed by atoms with Crippen LogP contribution in [-0.2, 0) is 28.8 Å². The van der Waals surface area contributed by atoms with Crippen molar-refractivity contribution >= 4 is 33.3 Å². The number of nitrogens with one attached hydrogen (secondary N) is 1. The van der Waals surface area contributed by atoms with E-state index in [1.54, 1.807) is 11.3 Å². The first-order chi connectivity index (χ1) is 12.7. The van der Waals surface area contributed by atoms with Gasteiger partial charge in [0.1, 0.15) is 23.0 Å². The molecule has 0 atom stereocenters. The summed E-state index contributed by atoms with van der Waals surface area (Å²) in [4.78, 5) is 23.6. The monoisotopic (exact) mass is 367 g/mol. The minimum Gasteiger partial charge on any atom is -0.468 e. The third-order valence-electron chi connectivity index (χ3n) is 4.69. The van der Waals surface area contributed by atoms with E-state index in [-0.39, 0.29) is 12.5 Å². The third kappa shape index (κ3) is 3.42. The molecule has 0 saturated carbocycles. The SMILES string of the molecule is COC(=O)CNc1nc(Cc2ccccc2)nc2sc3c(c12)CCCC3. The fraction of sp³-hybridized carbons (Fsp3) is 0.350. The van der Waals surface area contributed by atoms with Gasteiger partial charge in [0.15, 0.2) is 0 Å². The predicted octanol–water partition coefficient (Wildman–Crippen LogP) is 3.75. The molecule has 5 nitrogen and oxygen atoms in total. The molecule has 134 valence electrons. The molecule has 26 heavy (non-hydrogen) atoms. The standard InChI is InChI=1S/C20H21N3O2S/c1-25-17(24)12-21-19-18-14-9-5-6-10-15(14)26-20(18)23-16(22-19)11-13-7-3-2-4-8-13/h2-4,7-8H,5-6,9-12H2,1H3,(H,21,22,23). The minimum absolute atomic E-state index is 0.109. The number of anilines is 1. The fourth-order valence-electron chi connectivity index (χ4n) is 3.42. The highest BCUT2D eigenvalue weighted by molar-refractivity contribution is 7.19. The summed E-state index contributed by atoms with van der Waals surface area (Å²) < 4.78 is 4.76. The van der Waals surface area contributed by atoms with Crippen molar-refractivity contribution in [1.82, 2.24) is 9.97 Å². The van der Waals surface area contributed by atoms with E-state index in [0.29, 0.717) is 6.42 Å². The number of nitrogens with zero attached hydrogens (tertiary/aromatic N) is 2. The molecule has 0 amide bonds. The Hall–Kier alpha value is -2.47. The number of benzene rings is 1. The van der Waals surface area contributed by atoms with Crippen LogP contribution in [0.15, 0.2) is 30.3 Å². The van der Waals surface area contributed by atoms with Gasteiger partial charge >= 0.3 is 5.97 Å². The van der Waals surface area contributed by atoms with Crippen molar-refractivity contribution in [2.24, 2.45) is 0 Å². The van der Waals surface area contributed by atoms with E-state index in [0.717, 1.165) is 34.7 Å². The van der Waals surface area contributed by atoms with Gasteiger partial charge in [-0.3, -0.25) is 4.79 Å². The molecular weight excluding hydrogens is 346 g/mol. The van der Waals surface area contributed by atoms with Crippen molar-refractivity contribution in [2.45, 2.75) is 32.1 Å². The molecule has 1 aliphatic carbocycles. The molecule has 4 rings (SSSR count). The number of ether oxygens (including phenoxy) is 1. The van der Waals surface area contributed by atoms with E-state index in [2.05, 4.69) is 17.4 Å². The van der Waals surface area contributed by atoms with E-state index in [1.807, 2.05) is 18.2 Å². The summed E-state index contributed by atoms with van der Waals surface area (Å²) in [7, 11) is 1.40. The number of hydrogen-bond acceptors (Lipinski definition) is 6. The lowest BCUT2D eigenvalue weighted by Crippen LogP contribution is -2.17. The maximum absolute atomic E-state index is 11.6. The highest BCUT2D eigenvalue weighted by atomic mass is 32.1. The van der Waals surface area contributed by atoms with Crippen LogP contribution < -0.4 is 5.32 Å². The van der Waals surface area contributed by atoms with Gasteiger partial charge in [-0.05, 0) is 36.8 Å². The first-order valence-electron chi connectivity index (χ1n) is 8.90. The maximum Gasteiger partial charge on any atom is 0.325 e. The van der Waals surface area contributed by atoms with Gasteiger partial charge in [0.2, 0.25) is 0 Å². The number of aromatic nitrogens is 2. The number of methoxy groups -OCH3 is 1. The maximum atomic E-state index is 11.6. The van der Waals surface area contributed by atoms with Crippen LogP contribution in [0.3, 0.4) is 0 Å². The van der Waals surface area contributed by atoms with E-state index >= 15 is 0 Å². The molecule has 1 N–H and O–H groups in total.